The highest BCUT2D eigenvalue weighted by atomic mass is 32.2. The normalized spacial score (nSPS) is 14.7. The molecule has 1 aliphatic heterocycles. The van der Waals surface area contributed by atoms with Gasteiger partial charge in [-0.2, -0.15) is 0 Å². The van der Waals surface area contributed by atoms with Gasteiger partial charge in [-0.15, -0.1) is 0 Å². The van der Waals surface area contributed by atoms with Gasteiger partial charge >= 0.3 is 0 Å². The van der Waals surface area contributed by atoms with Crippen molar-refractivity contribution in [1.29, 1.82) is 0 Å². The summed E-state index contributed by atoms with van der Waals surface area (Å²) in [7, 11) is 1.42. The number of thioether (sulfide) groups is 1. The van der Waals surface area contributed by atoms with E-state index in [1.807, 2.05) is 18.2 Å². The van der Waals surface area contributed by atoms with E-state index in [0.29, 0.717) is 17.3 Å². The molecule has 0 bridgehead atoms. The van der Waals surface area contributed by atoms with Gasteiger partial charge in [-0.25, -0.2) is 0 Å². The van der Waals surface area contributed by atoms with E-state index in [0.717, 1.165) is 16.7 Å². The maximum absolute atomic E-state index is 12.7. The van der Waals surface area contributed by atoms with Crippen LogP contribution in [0.4, 0.5) is 10.5 Å². The smallest absolute Gasteiger partial charge is 0.293 e. The summed E-state index contributed by atoms with van der Waals surface area (Å²) in [6.45, 7) is 0.277. The number of hydrogen-bond donors (Lipinski definition) is 0. The number of benzene rings is 2. The molecule has 1 aliphatic rings. The fourth-order valence-corrected chi connectivity index (χ4v) is 4.01. The first-order valence-electron chi connectivity index (χ1n) is 9.82. The minimum Gasteiger partial charge on any atom is -0.497 e. The van der Waals surface area contributed by atoms with E-state index in [-0.39, 0.29) is 35.1 Å². The van der Waals surface area contributed by atoms with E-state index < -0.39 is 16.1 Å². The third-order valence-corrected chi connectivity index (χ3v) is 5.68. The van der Waals surface area contributed by atoms with Crippen molar-refractivity contribution in [1.82, 2.24) is 4.90 Å². The lowest BCUT2D eigenvalue weighted by atomic mass is 10.1. The van der Waals surface area contributed by atoms with E-state index in [1.165, 1.54) is 25.3 Å². The van der Waals surface area contributed by atoms with E-state index in [2.05, 4.69) is 0 Å². The number of nitro groups is 1. The molecular formula is C23H18N2O7S. The van der Waals surface area contributed by atoms with Gasteiger partial charge in [0.05, 0.1) is 35.1 Å². The van der Waals surface area contributed by atoms with Gasteiger partial charge in [-0.3, -0.25) is 24.6 Å². The van der Waals surface area contributed by atoms with Crippen LogP contribution >= 0.6 is 11.8 Å². The molecule has 0 unspecified atom stereocenters. The zero-order chi connectivity index (χ0) is 23.4. The molecule has 3 aromatic rings. The van der Waals surface area contributed by atoms with Crippen LogP contribution in [0.2, 0.25) is 0 Å². The van der Waals surface area contributed by atoms with Gasteiger partial charge in [-0.05, 0) is 48.2 Å². The molecule has 33 heavy (non-hydrogen) atoms. The number of carbonyl (C=O) groups excluding carboxylic acids is 2. The van der Waals surface area contributed by atoms with Crippen molar-refractivity contribution >= 4 is 34.7 Å². The standard InChI is InChI=1S/C23H18N2O7S/c1-30-16-7-9-18(19(13-16)25(28)29)20-10-8-17(32-20)14-21-22(26)24(23(27)33-21)11-12-31-15-5-3-2-4-6-15/h2-10,13-14H,11-12H2,1H3/b21-14-. The molecule has 0 radical (unpaired) electrons. The molecule has 2 aromatic carbocycles. The SMILES string of the molecule is COc1ccc(-c2ccc(/C=C3\SC(=O)N(CCOc4ccccc4)C3=O)o2)c([N+](=O)[O-])c1. The molecule has 2 amide bonds. The van der Waals surface area contributed by atoms with Crippen LogP contribution < -0.4 is 9.47 Å². The Balaban J connectivity index is 1.47. The molecule has 2 heterocycles. The molecule has 0 saturated carbocycles. The van der Waals surface area contributed by atoms with Crippen molar-refractivity contribution in [3.05, 3.63) is 81.4 Å². The number of methoxy groups -OCH3 is 1. The maximum atomic E-state index is 12.7. The van der Waals surface area contributed by atoms with E-state index in [1.54, 1.807) is 30.3 Å². The number of furan rings is 1. The Labute approximate surface area is 192 Å². The lowest BCUT2D eigenvalue weighted by Crippen LogP contribution is -2.32. The van der Waals surface area contributed by atoms with Crippen LogP contribution in [-0.4, -0.2) is 41.2 Å². The van der Waals surface area contributed by atoms with Crippen molar-refractivity contribution in [3.8, 4) is 22.8 Å². The predicted molar refractivity (Wildman–Crippen MR) is 122 cm³/mol. The summed E-state index contributed by atoms with van der Waals surface area (Å²) in [6, 6.07) is 16.7. The Kier molecular flexibility index (Phi) is 6.45. The summed E-state index contributed by atoms with van der Waals surface area (Å²) in [4.78, 5) is 37.2. The minimum atomic E-state index is -0.525. The first-order valence-corrected chi connectivity index (χ1v) is 10.6. The summed E-state index contributed by atoms with van der Waals surface area (Å²) in [5.41, 5.74) is 0.0978. The van der Waals surface area contributed by atoms with Crippen molar-refractivity contribution in [2.75, 3.05) is 20.3 Å². The van der Waals surface area contributed by atoms with Crippen LogP contribution in [0, 0.1) is 10.1 Å². The second kappa shape index (κ2) is 9.61. The zero-order valence-corrected chi connectivity index (χ0v) is 18.2. The Morgan fingerprint density at radius 1 is 1.09 bits per heavy atom. The molecule has 0 atom stereocenters. The van der Waals surface area contributed by atoms with Crippen molar-refractivity contribution in [3.63, 3.8) is 0 Å². The summed E-state index contributed by atoms with van der Waals surface area (Å²) in [6.07, 6.45) is 1.45. The van der Waals surface area contributed by atoms with Crippen molar-refractivity contribution < 1.29 is 28.4 Å². The van der Waals surface area contributed by atoms with Crippen LogP contribution in [0.15, 0.2) is 70.0 Å². The van der Waals surface area contributed by atoms with Crippen LogP contribution in [0.1, 0.15) is 5.76 Å². The average molecular weight is 466 g/mol. The number of para-hydroxylation sites is 1. The number of imide groups is 1. The molecule has 168 valence electrons. The van der Waals surface area contributed by atoms with E-state index >= 15 is 0 Å². The van der Waals surface area contributed by atoms with Crippen LogP contribution in [0.5, 0.6) is 11.5 Å². The largest absolute Gasteiger partial charge is 0.497 e. The predicted octanol–water partition coefficient (Wildman–Crippen LogP) is 4.98. The topological polar surface area (TPSA) is 112 Å². The number of nitro benzene ring substituents is 1. The second-order valence-electron chi connectivity index (χ2n) is 6.84. The third kappa shape index (κ3) is 4.90. The summed E-state index contributed by atoms with van der Waals surface area (Å²) < 4.78 is 16.3. The van der Waals surface area contributed by atoms with Gasteiger partial charge in [0.15, 0.2) is 0 Å². The second-order valence-corrected chi connectivity index (χ2v) is 7.83. The molecule has 0 aliphatic carbocycles. The Morgan fingerprint density at radius 3 is 2.61 bits per heavy atom. The Morgan fingerprint density at radius 2 is 1.88 bits per heavy atom. The molecular weight excluding hydrogens is 448 g/mol. The maximum Gasteiger partial charge on any atom is 0.293 e. The van der Waals surface area contributed by atoms with E-state index in [9.17, 15) is 19.7 Å². The molecule has 10 heteroatoms. The van der Waals surface area contributed by atoms with Crippen molar-refractivity contribution in [2.24, 2.45) is 0 Å². The van der Waals surface area contributed by atoms with Gasteiger partial charge < -0.3 is 13.9 Å². The number of rotatable bonds is 8. The first-order chi connectivity index (χ1) is 16.0. The van der Waals surface area contributed by atoms with Gasteiger partial charge in [-0.1, -0.05) is 18.2 Å². The number of carbonyl (C=O) groups is 2. The molecule has 1 saturated heterocycles. The van der Waals surface area contributed by atoms with E-state index in [4.69, 9.17) is 13.9 Å². The number of ether oxygens (including phenoxy) is 2. The fraction of sp³-hybridized carbons (Fsp3) is 0.130. The fourth-order valence-electron chi connectivity index (χ4n) is 3.17. The molecule has 1 fully saturated rings. The van der Waals surface area contributed by atoms with Gasteiger partial charge in [0.1, 0.15) is 29.6 Å². The summed E-state index contributed by atoms with van der Waals surface area (Å²) >= 11 is 0.799. The van der Waals surface area contributed by atoms with Crippen LogP contribution in [-0.2, 0) is 4.79 Å². The molecule has 9 nitrogen and oxygen atoms in total. The lowest BCUT2D eigenvalue weighted by molar-refractivity contribution is -0.384. The highest BCUT2D eigenvalue weighted by molar-refractivity contribution is 8.18. The zero-order valence-electron chi connectivity index (χ0n) is 17.4. The number of amides is 2. The summed E-state index contributed by atoms with van der Waals surface area (Å²) in [5, 5.41) is 11.0. The lowest BCUT2D eigenvalue weighted by Gasteiger charge is -2.13. The number of hydrogen-bond acceptors (Lipinski definition) is 8. The minimum absolute atomic E-state index is 0.109. The molecule has 0 spiro atoms. The Bertz CT molecular complexity index is 1240. The highest BCUT2D eigenvalue weighted by Gasteiger charge is 2.35. The average Bonchev–Trinajstić information content (AvgIpc) is 3.39. The highest BCUT2D eigenvalue weighted by Crippen LogP contribution is 2.36. The van der Waals surface area contributed by atoms with Gasteiger partial charge in [0.2, 0.25) is 0 Å². The van der Waals surface area contributed by atoms with Crippen LogP contribution in [0.25, 0.3) is 17.4 Å². The van der Waals surface area contributed by atoms with Gasteiger partial charge in [0.25, 0.3) is 16.8 Å². The molecule has 1 aromatic heterocycles. The third-order valence-electron chi connectivity index (χ3n) is 4.77. The Hall–Kier alpha value is -4.05. The van der Waals surface area contributed by atoms with Crippen LogP contribution in [0.3, 0.4) is 0 Å². The van der Waals surface area contributed by atoms with Crippen molar-refractivity contribution in [2.45, 2.75) is 0 Å². The van der Waals surface area contributed by atoms with Gasteiger partial charge in [0, 0.05) is 6.08 Å². The molecule has 4 rings (SSSR count). The monoisotopic (exact) mass is 466 g/mol. The molecule has 0 N–H and O–H groups in total. The quantitative estimate of drug-likeness (QED) is 0.260. The number of nitrogens with zero attached hydrogens (tertiary/aromatic N) is 2. The first kappa shape index (κ1) is 22.2. The summed E-state index contributed by atoms with van der Waals surface area (Å²) in [5.74, 6) is 1.10.